The number of ether oxygens (including phenoxy) is 1. The highest BCUT2D eigenvalue weighted by atomic mass is 35.5. The van der Waals surface area contributed by atoms with Crippen molar-refractivity contribution in [3.63, 3.8) is 0 Å². The SMILES string of the molecule is Cc1cc(C(=O)N(C)CC2CC(Oc3ccc(CN4CCCC4)c(Cl)c3)C2)nc(C)n1. The summed E-state index contributed by atoms with van der Waals surface area (Å²) in [6.45, 7) is 7.62. The molecule has 2 aromatic rings. The van der Waals surface area contributed by atoms with Crippen LogP contribution in [0, 0.1) is 19.8 Å². The standard InChI is InChI=1S/C24H31ClN4O2/c1-16-10-23(27-17(2)26-16)24(30)28(3)14-18-11-21(12-18)31-20-7-6-19(22(25)13-20)15-29-8-4-5-9-29/h6-7,10,13,18,21H,4-5,8-9,11-12,14-15H2,1-3H3. The van der Waals surface area contributed by atoms with Gasteiger partial charge in [-0.3, -0.25) is 9.69 Å². The molecule has 7 heteroatoms. The summed E-state index contributed by atoms with van der Waals surface area (Å²) in [5.74, 6) is 1.83. The number of rotatable bonds is 7. The van der Waals surface area contributed by atoms with Gasteiger partial charge >= 0.3 is 0 Å². The molecule has 2 aliphatic rings. The number of aromatic nitrogens is 2. The summed E-state index contributed by atoms with van der Waals surface area (Å²) in [5, 5.41) is 0.779. The first-order chi connectivity index (χ1) is 14.9. The molecule has 0 atom stereocenters. The van der Waals surface area contributed by atoms with Crippen LogP contribution in [0.2, 0.25) is 5.02 Å². The minimum atomic E-state index is -0.0571. The van der Waals surface area contributed by atoms with E-state index in [1.807, 2.05) is 33.0 Å². The highest BCUT2D eigenvalue weighted by molar-refractivity contribution is 6.31. The van der Waals surface area contributed by atoms with E-state index in [2.05, 4.69) is 20.9 Å². The molecular weight excluding hydrogens is 412 g/mol. The van der Waals surface area contributed by atoms with Crippen molar-refractivity contribution >= 4 is 17.5 Å². The lowest BCUT2D eigenvalue weighted by molar-refractivity contribution is 0.0416. The minimum absolute atomic E-state index is 0.0571. The van der Waals surface area contributed by atoms with E-state index in [4.69, 9.17) is 16.3 Å². The normalized spacial score (nSPS) is 21.0. The molecule has 1 aromatic heterocycles. The van der Waals surface area contributed by atoms with Gasteiger partial charge in [-0.25, -0.2) is 9.97 Å². The average molecular weight is 443 g/mol. The van der Waals surface area contributed by atoms with Crippen LogP contribution in [0.1, 0.15) is 53.3 Å². The van der Waals surface area contributed by atoms with Gasteiger partial charge in [0.15, 0.2) is 0 Å². The highest BCUT2D eigenvalue weighted by Crippen LogP contribution is 2.33. The number of halogens is 1. The maximum atomic E-state index is 12.7. The van der Waals surface area contributed by atoms with Crippen molar-refractivity contribution in [3.05, 3.63) is 52.1 Å². The predicted molar refractivity (Wildman–Crippen MR) is 122 cm³/mol. The summed E-state index contributed by atoms with van der Waals surface area (Å²) in [5.41, 5.74) is 2.44. The Morgan fingerprint density at radius 3 is 2.61 bits per heavy atom. The van der Waals surface area contributed by atoms with Gasteiger partial charge in [0.1, 0.15) is 17.3 Å². The van der Waals surface area contributed by atoms with Gasteiger partial charge in [0.05, 0.1) is 6.10 Å². The number of carbonyl (C=O) groups is 1. The second-order valence-electron chi connectivity index (χ2n) is 8.94. The number of benzene rings is 1. The van der Waals surface area contributed by atoms with E-state index in [1.165, 1.54) is 12.8 Å². The van der Waals surface area contributed by atoms with Crippen LogP contribution in [0.15, 0.2) is 24.3 Å². The van der Waals surface area contributed by atoms with Crippen molar-refractivity contribution in [1.82, 2.24) is 19.8 Å². The molecule has 1 amide bonds. The maximum Gasteiger partial charge on any atom is 0.272 e. The predicted octanol–water partition coefficient (Wildman–Crippen LogP) is 4.27. The Kier molecular flexibility index (Phi) is 6.77. The highest BCUT2D eigenvalue weighted by Gasteiger charge is 2.33. The first-order valence-electron chi connectivity index (χ1n) is 11.1. The van der Waals surface area contributed by atoms with Crippen molar-refractivity contribution in [1.29, 1.82) is 0 Å². The number of hydrogen-bond acceptors (Lipinski definition) is 5. The average Bonchev–Trinajstić information content (AvgIpc) is 3.20. The number of likely N-dealkylation sites (tertiary alicyclic amines) is 1. The van der Waals surface area contributed by atoms with Crippen LogP contribution < -0.4 is 4.74 Å². The summed E-state index contributed by atoms with van der Waals surface area (Å²) in [6, 6.07) is 7.80. The molecule has 1 aromatic carbocycles. The lowest BCUT2D eigenvalue weighted by atomic mass is 9.82. The molecule has 166 valence electrons. The molecule has 2 heterocycles. The zero-order valence-corrected chi connectivity index (χ0v) is 19.4. The molecule has 6 nitrogen and oxygen atoms in total. The molecule has 4 rings (SSSR count). The Balaban J connectivity index is 1.24. The van der Waals surface area contributed by atoms with Crippen molar-refractivity contribution < 1.29 is 9.53 Å². The molecule has 31 heavy (non-hydrogen) atoms. The molecule has 2 fully saturated rings. The Labute approximate surface area is 189 Å². The lowest BCUT2D eigenvalue weighted by Crippen LogP contribution is -2.42. The second kappa shape index (κ2) is 9.53. The van der Waals surface area contributed by atoms with Gasteiger partial charge in [-0.2, -0.15) is 0 Å². The van der Waals surface area contributed by atoms with Gasteiger partial charge in [0.2, 0.25) is 0 Å². The first-order valence-corrected chi connectivity index (χ1v) is 11.5. The van der Waals surface area contributed by atoms with Crippen LogP contribution in [-0.4, -0.2) is 58.5 Å². The van der Waals surface area contributed by atoms with E-state index in [9.17, 15) is 4.79 Å². The van der Waals surface area contributed by atoms with E-state index in [0.29, 0.717) is 24.0 Å². The summed E-state index contributed by atoms with van der Waals surface area (Å²) in [6.07, 6.45) is 4.61. The van der Waals surface area contributed by atoms with Crippen LogP contribution in [0.25, 0.3) is 0 Å². The molecule has 1 saturated heterocycles. The summed E-state index contributed by atoms with van der Waals surface area (Å²) < 4.78 is 6.12. The number of amides is 1. The fourth-order valence-corrected chi connectivity index (χ4v) is 4.75. The van der Waals surface area contributed by atoms with E-state index in [1.54, 1.807) is 11.0 Å². The molecule has 0 N–H and O–H groups in total. The molecule has 1 saturated carbocycles. The third-order valence-electron chi connectivity index (χ3n) is 6.18. The Morgan fingerprint density at radius 2 is 1.94 bits per heavy atom. The summed E-state index contributed by atoms with van der Waals surface area (Å²) in [7, 11) is 1.84. The number of carbonyl (C=O) groups excluding carboxylic acids is 1. The lowest BCUT2D eigenvalue weighted by Gasteiger charge is -2.37. The Morgan fingerprint density at radius 1 is 1.19 bits per heavy atom. The van der Waals surface area contributed by atoms with Gasteiger partial charge < -0.3 is 9.64 Å². The molecule has 1 aliphatic carbocycles. The molecule has 0 spiro atoms. The fraction of sp³-hybridized carbons (Fsp3) is 0.542. The van der Waals surface area contributed by atoms with Crippen molar-refractivity contribution in [3.8, 4) is 5.75 Å². The molecular formula is C24H31ClN4O2. The molecule has 0 radical (unpaired) electrons. The summed E-state index contributed by atoms with van der Waals surface area (Å²) in [4.78, 5) is 25.4. The zero-order valence-electron chi connectivity index (χ0n) is 18.6. The first kappa shape index (κ1) is 22.0. The quantitative estimate of drug-likeness (QED) is 0.640. The largest absolute Gasteiger partial charge is 0.490 e. The monoisotopic (exact) mass is 442 g/mol. The van der Waals surface area contributed by atoms with E-state index in [0.717, 1.165) is 54.5 Å². The van der Waals surface area contributed by atoms with Crippen LogP contribution in [0.4, 0.5) is 0 Å². The third-order valence-corrected chi connectivity index (χ3v) is 6.53. The fourth-order valence-electron chi connectivity index (χ4n) is 4.52. The van der Waals surface area contributed by atoms with Gasteiger partial charge in [0.25, 0.3) is 5.91 Å². The Bertz CT molecular complexity index is 919. The van der Waals surface area contributed by atoms with Gasteiger partial charge in [-0.05, 0) is 82.3 Å². The summed E-state index contributed by atoms with van der Waals surface area (Å²) >= 11 is 6.50. The van der Waals surface area contributed by atoms with Crippen molar-refractivity contribution in [2.24, 2.45) is 5.92 Å². The number of nitrogens with zero attached hydrogens (tertiary/aromatic N) is 4. The van der Waals surface area contributed by atoms with E-state index < -0.39 is 0 Å². The molecule has 0 bridgehead atoms. The maximum absolute atomic E-state index is 12.7. The topological polar surface area (TPSA) is 58.6 Å². The smallest absolute Gasteiger partial charge is 0.272 e. The van der Waals surface area contributed by atoms with Crippen LogP contribution in [-0.2, 0) is 6.54 Å². The van der Waals surface area contributed by atoms with E-state index in [-0.39, 0.29) is 12.0 Å². The number of aryl methyl sites for hydroxylation is 2. The van der Waals surface area contributed by atoms with E-state index >= 15 is 0 Å². The van der Waals surface area contributed by atoms with Crippen molar-refractivity contribution in [2.45, 2.75) is 52.2 Å². The third kappa shape index (κ3) is 5.55. The van der Waals surface area contributed by atoms with Gasteiger partial charge in [-0.1, -0.05) is 17.7 Å². The Hall–Kier alpha value is -2.18. The molecule has 1 aliphatic heterocycles. The van der Waals surface area contributed by atoms with Gasteiger partial charge in [-0.15, -0.1) is 0 Å². The minimum Gasteiger partial charge on any atom is -0.490 e. The second-order valence-corrected chi connectivity index (χ2v) is 9.35. The van der Waals surface area contributed by atoms with Crippen LogP contribution in [0.5, 0.6) is 5.75 Å². The zero-order chi connectivity index (χ0) is 22.0. The van der Waals surface area contributed by atoms with Crippen LogP contribution >= 0.6 is 11.6 Å². The molecule has 0 unspecified atom stereocenters. The van der Waals surface area contributed by atoms with Crippen LogP contribution in [0.3, 0.4) is 0 Å². The number of hydrogen-bond donors (Lipinski definition) is 0. The van der Waals surface area contributed by atoms with Gasteiger partial charge in [0, 0.05) is 30.9 Å². The van der Waals surface area contributed by atoms with Crippen molar-refractivity contribution in [2.75, 3.05) is 26.7 Å².